The molecule has 1 aliphatic carbocycles. The molecule has 0 radical (unpaired) electrons. The molecule has 1 saturated carbocycles. The van der Waals surface area contributed by atoms with Gasteiger partial charge in [0.1, 0.15) is 5.75 Å². The number of methoxy groups -OCH3 is 1. The number of benzene rings is 2. The van der Waals surface area contributed by atoms with E-state index in [1.165, 1.54) is 0 Å². The molecule has 0 aromatic heterocycles. The second-order valence-electron chi connectivity index (χ2n) is 6.97. The van der Waals surface area contributed by atoms with Crippen molar-refractivity contribution in [2.45, 2.75) is 19.3 Å². The van der Waals surface area contributed by atoms with Gasteiger partial charge in [-0.3, -0.25) is 14.4 Å². The Morgan fingerprint density at radius 2 is 1.59 bits per heavy atom. The number of amides is 3. The van der Waals surface area contributed by atoms with Crippen LogP contribution in [0.15, 0.2) is 48.5 Å². The molecule has 3 N–H and O–H groups in total. The zero-order chi connectivity index (χ0) is 20.6. The first-order valence-corrected chi connectivity index (χ1v) is 9.64. The Balaban J connectivity index is 1.41. The van der Waals surface area contributed by atoms with Gasteiger partial charge >= 0.3 is 0 Å². The number of hydrogen-bond donors (Lipinski definition) is 3. The maximum absolute atomic E-state index is 12.2. The van der Waals surface area contributed by atoms with E-state index in [9.17, 15) is 14.4 Å². The van der Waals surface area contributed by atoms with Crippen LogP contribution in [0, 0.1) is 5.92 Å². The second kappa shape index (κ2) is 9.73. The zero-order valence-corrected chi connectivity index (χ0v) is 16.4. The predicted octanol–water partition coefficient (Wildman–Crippen LogP) is 2.13. The average molecular weight is 395 g/mol. The van der Waals surface area contributed by atoms with Gasteiger partial charge in [0.05, 0.1) is 13.5 Å². The van der Waals surface area contributed by atoms with Crippen LogP contribution >= 0.6 is 0 Å². The summed E-state index contributed by atoms with van der Waals surface area (Å²) in [6.45, 7) is 0.790. The van der Waals surface area contributed by atoms with Crippen molar-refractivity contribution in [3.63, 3.8) is 0 Å². The molecular formula is C22H25N3O4. The van der Waals surface area contributed by atoms with Gasteiger partial charge in [-0.05, 0) is 54.8 Å². The van der Waals surface area contributed by atoms with Crippen LogP contribution in [0.25, 0.3) is 0 Å². The molecule has 2 aromatic carbocycles. The van der Waals surface area contributed by atoms with Gasteiger partial charge in [0.25, 0.3) is 5.91 Å². The van der Waals surface area contributed by atoms with Crippen molar-refractivity contribution in [2.75, 3.05) is 25.5 Å². The fourth-order valence-electron chi connectivity index (χ4n) is 2.79. The van der Waals surface area contributed by atoms with Crippen molar-refractivity contribution < 1.29 is 19.1 Å². The lowest BCUT2D eigenvalue weighted by atomic mass is 10.1. The number of hydrogen-bond acceptors (Lipinski definition) is 4. The van der Waals surface area contributed by atoms with Crippen LogP contribution in [0.1, 0.15) is 28.8 Å². The molecule has 0 bridgehead atoms. The molecule has 0 unspecified atom stereocenters. The minimum Gasteiger partial charge on any atom is -0.497 e. The summed E-state index contributed by atoms with van der Waals surface area (Å²) in [7, 11) is 1.60. The number of nitrogens with one attached hydrogen (secondary N) is 3. The predicted molar refractivity (Wildman–Crippen MR) is 110 cm³/mol. The Hall–Kier alpha value is -3.35. The summed E-state index contributed by atoms with van der Waals surface area (Å²) in [5.74, 6) is 0.612. The SMILES string of the molecule is COc1ccc(CC(=O)Nc2ccc(C(=O)NCCNC(=O)C3CC3)cc2)cc1. The normalized spacial score (nSPS) is 12.7. The number of carbonyl (C=O) groups excluding carboxylic acids is 3. The maximum atomic E-state index is 12.2. The molecule has 1 fully saturated rings. The lowest BCUT2D eigenvalue weighted by Crippen LogP contribution is -2.35. The second-order valence-corrected chi connectivity index (χ2v) is 6.97. The largest absolute Gasteiger partial charge is 0.497 e. The minimum absolute atomic E-state index is 0.0639. The summed E-state index contributed by atoms with van der Waals surface area (Å²) in [5.41, 5.74) is 2.00. The highest BCUT2D eigenvalue weighted by molar-refractivity contribution is 5.96. The van der Waals surface area contributed by atoms with E-state index in [2.05, 4.69) is 16.0 Å². The van der Waals surface area contributed by atoms with Gasteiger partial charge in [-0.1, -0.05) is 12.1 Å². The van der Waals surface area contributed by atoms with Gasteiger partial charge in [0.15, 0.2) is 0 Å². The third kappa shape index (κ3) is 6.34. The zero-order valence-electron chi connectivity index (χ0n) is 16.4. The molecular weight excluding hydrogens is 370 g/mol. The standard InChI is InChI=1S/C22H25N3O4/c1-29-19-10-2-15(3-11-19)14-20(26)25-18-8-6-17(7-9-18)22(28)24-13-12-23-21(27)16-4-5-16/h2-3,6-11,16H,4-5,12-14H2,1H3,(H,23,27)(H,24,28)(H,25,26). The number of rotatable bonds is 9. The molecule has 7 heteroatoms. The van der Waals surface area contributed by atoms with E-state index in [0.717, 1.165) is 24.2 Å². The van der Waals surface area contributed by atoms with E-state index in [1.807, 2.05) is 24.3 Å². The molecule has 29 heavy (non-hydrogen) atoms. The van der Waals surface area contributed by atoms with E-state index in [0.29, 0.717) is 24.3 Å². The van der Waals surface area contributed by atoms with Crippen molar-refractivity contribution in [3.8, 4) is 5.75 Å². The van der Waals surface area contributed by atoms with Crippen LogP contribution in [0.4, 0.5) is 5.69 Å². The van der Waals surface area contributed by atoms with Gasteiger partial charge < -0.3 is 20.7 Å². The molecule has 1 aliphatic rings. The highest BCUT2D eigenvalue weighted by Gasteiger charge is 2.28. The molecule has 0 aliphatic heterocycles. The van der Waals surface area contributed by atoms with E-state index in [1.54, 1.807) is 31.4 Å². The van der Waals surface area contributed by atoms with Crippen LogP contribution in [-0.4, -0.2) is 37.9 Å². The summed E-state index contributed by atoms with van der Waals surface area (Å²) >= 11 is 0. The monoisotopic (exact) mass is 395 g/mol. The van der Waals surface area contributed by atoms with E-state index < -0.39 is 0 Å². The third-order valence-electron chi connectivity index (χ3n) is 4.61. The lowest BCUT2D eigenvalue weighted by molar-refractivity contribution is -0.122. The fraction of sp³-hybridized carbons (Fsp3) is 0.318. The third-order valence-corrected chi connectivity index (χ3v) is 4.61. The highest BCUT2D eigenvalue weighted by atomic mass is 16.5. The van der Waals surface area contributed by atoms with Gasteiger partial charge in [-0.2, -0.15) is 0 Å². The molecule has 3 rings (SSSR count). The minimum atomic E-state index is -0.221. The first kappa shape index (κ1) is 20.4. The fourth-order valence-corrected chi connectivity index (χ4v) is 2.79. The first-order chi connectivity index (χ1) is 14.0. The molecule has 0 atom stereocenters. The van der Waals surface area contributed by atoms with Crippen molar-refractivity contribution in [3.05, 3.63) is 59.7 Å². The number of anilines is 1. The quantitative estimate of drug-likeness (QED) is 0.567. The van der Waals surface area contributed by atoms with Crippen LogP contribution in [0.2, 0.25) is 0 Å². The van der Waals surface area contributed by atoms with Crippen LogP contribution < -0.4 is 20.7 Å². The topological polar surface area (TPSA) is 96.5 Å². The molecule has 152 valence electrons. The summed E-state index contributed by atoms with van der Waals surface area (Å²) in [6.07, 6.45) is 2.17. The van der Waals surface area contributed by atoms with Crippen LogP contribution in [-0.2, 0) is 16.0 Å². The first-order valence-electron chi connectivity index (χ1n) is 9.64. The van der Waals surface area contributed by atoms with Crippen molar-refractivity contribution >= 4 is 23.4 Å². The van der Waals surface area contributed by atoms with Crippen molar-refractivity contribution in [1.82, 2.24) is 10.6 Å². The molecule has 0 heterocycles. The van der Waals surface area contributed by atoms with Gasteiger partial charge in [-0.15, -0.1) is 0 Å². The Bertz CT molecular complexity index is 859. The molecule has 2 aromatic rings. The van der Waals surface area contributed by atoms with Crippen molar-refractivity contribution in [2.24, 2.45) is 5.92 Å². The maximum Gasteiger partial charge on any atom is 0.251 e. The summed E-state index contributed by atoms with van der Waals surface area (Å²) < 4.78 is 5.10. The average Bonchev–Trinajstić information content (AvgIpc) is 3.57. The lowest BCUT2D eigenvalue weighted by Gasteiger charge is -2.09. The van der Waals surface area contributed by atoms with Crippen LogP contribution in [0.5, 0.6) is 5.75 Å². The molecule has 3 amide bonds. The Labute approximate surface area is 169 Å². The highest BCUT2D eigenvalue weighted by Crippen LogP contribution is 2.28. The molecule has 0 saturated heterocycles. The van der Waals surface area contributed by atoms with Crippen molar-refractivity contribution in [1.29, 1.82) is 0 Å². The van der Waals surface area contributed by atoms with Crippen LogP contribution in [0.3, 0.4) is 0 Å². The van der Waals surface area contributed by atoms with E-state index >= 15 is 0 Å². The number of carbonyl (C=O) groups is 3. The van der Waals surface area contributed by atoms with Gasteiger partial charge in [0.2, 0.25) is 11.8 Å². The Morgan fingerprint density at radius 1 is 0.931 bits per heavy atom. The Morgan fingerprint density at radius 3 is 2.21 bits per heavy atom. The van der Waals surface area contributed by atoms with E-state index in [4.69, 9.17) is 4.74 Å². The molecule has 0 spiro atoms. The summed E-state index contributed by atoms with van der Waals surface area (Å²) in [4.78, 5) is 35.8. The smallest absolute Gasteiger partial charge is 0.251 e. The number of ether oxygens (including phenoxy) is 1. The van der Waals surface area contributed by atoms with E-state index in [-0.39, 0.29) is 30.1 Å². The van der Waals surface area contributed by atoms with Gasteiger partial charge in [0, 0.05) is 30.3 Å². The molecule has 7 nitrogen and oxygen atoms in total. The summed E-state index contributed by atoms with van der Waals surface area (Å²) in [5, 5.41) is 8.38. The van der Waals surface area contributed by atoms with Gasteiger partial charge in [-0.25, -0.2) is 0 Å². The summed E-state index contributed by atoms with van der Waals surface area (Å²) in [6, 6.07) is 14.0. The Kier molecular flexibility index (Phi) is 6.84.